The van der Waals surface area contributed by atoms with Crippen molar-refractivity contribution in [3.8, 4) is 0 Å². The Bertz CT molecular complexity index is 248. The third-order valence-electron chi connectivity index (χ3n) is 3.32. The molecular weight excluding hydrogens is 216 g/mol. The molecule has 0 unspecified atom stereocenters. The first kappa shape index (κ1) is 15.0. The van der Waals surface area contributed by atoms with Crippen molar-refractivity contribution in [1.82, 2.24) is 0 Å². The van der Waals surface area contributed by atoms with Gasteiger partial charge < -0.3 is 0 Å². The van der Waals surface area contributed by atoms with E-state index in [4.69, 9.17) is 0 Å². The maximum absolute atomic E-state index is 2.28. The smallest absolute Gasteiger partial charge is 0.0348 e. The Hall–Kier alpha value is -1.04. The lowest BCUT2D eigenvalue weighted by atomic mass is 10.1. The molecule has 0 N–H and O–H groups in total. The lowest BCUT2D eigenvalue weighted by Crippen LogP contribution is -1.81. The van der Waals surface area contributed by atoms with Gasteiger partial charge in [-0.15, -0.1) is 0 Å². The lowest BCUT2D eigenvalue weighted by Gasteiger charge is -2.00. The van der Waals surface area contributed by atoms with Crippen LogP contribution < -0.4 is 0 Å². The molecule has 0 nitrogen and oxygen atoms in total. The first-order chi connectivity index (χ1) is 9.00. The predicted octanol–water partition coefficient (Wildman–Crippen LogP) is 6.13. The van der Waals surface area contributed by atoms with Crippen LogP contribution in [0.3, 0.4) is 0 Å². The zero-order valence-corrected chi connectivity index (χ0v) is 11.7. The van der Waals surface area contributed by atoms with E-state index in [1.807, 2.05) is 0 Å². The highest BCUT2D eigenvalue weighted by Crippen LogP contribution is 2.11. The van der Waals surface area contributed by atoms with Crippen molar-refractivity contribution in [3.05, 3.63) is 48.6 Å². The second kappa shape index (κ2) is 12.4. The summed E-state index contributed by atoms with van der Waals surface area (Å²) in [5.74, 6) is 0. The Labute approximate surface area is 113 Å². The third kappa shape index (κ3) is 10.1. The van der Waals surface area contributed by atoms with Crippen LogP contribution in [-0.2, 0) is 0 Å². The number of hydrogen-bond acceptors (Lipinski definition) is 0. The minimum Gasteiger partial charge on any atom is -0.0845 e. The molecule has 0 fully saturated rings. The van der Waals surface area contributed by atoms with E-state index in [2.05, 4.69) is 48.6 Å². The molecule has 0 aromatic rings. The maximum Gasteiger partial charge on any atom is -0.0348 e. The molecule has 18 heavy (non-hydrogen) atoms. The highest BCUT2D eigenvalue weighted by molar-refractivity contribution is 5.15. The Kier molecular flexibility index (Phi) is 10.4. The standard InChI is InChI=1S/C18H28/c1-2-4-6-8-10-12-14-16-18-17-15-13-11-9-7-5-3-1/h1-8H,9-18H2/b3-1-,4-2+,7-5?,8-6+. The minimum absolute atomic E-state index is 1.23. The first-order valence-corrected chi connectivity index (χ1v) is 7.65. The molecule has 0 saturated carbocycles. The fourth-order valence-corrected chi connectivity index (χ4v) is 2.19. The molecule has 1 aliphatic rings. The molecule has 0 radical (unpaired) electrons. The Morgan fingerprint density at radius 2 is 0.667 bits per heavy atom. The summed E-state index contributed by atoms with van der Waals surface area (Å²) in [6, 6.07) is 0. The van der Waals surface area contributed by atoms with Crippen molar-refractivity contribution in [2.24, 2.45) is 0 Å². The topological polar surface area (TPSA) is 0 Å². The highest BCUT2D eigenvalue weighted by atomic mass is 14.0. The van der Waals surface area contributed by atoms with E-state index < -0.39 is 0 Å². The minimum atomic E-state index is 1.23. The second-order valence-corrected chi connectivity index (χ2v) is 5.03. The van der Waals surface area contributed by atoms with Gasteiger partial charge >= 0.3 is 0 Å². The van der Waals surface area contributed by atoms with Crippen LogP contribution in [0.1, 0.15) is 64.2 Å². The van der Waals surface area contributed by atoms with E-state index in [1.54, 1.807) is 0 Å². The maximum atomic E-state index is 2.28. The van der Waals surface area contributed by atoms with E-state index >= 15 is 0 Å². The molecule has 100 valence electrons. The van der Waals surface area contributed by atoms with Gasteiger partial charge in [0.25, 0.3) is 0 Å². The summed E-state index contributed by atoms with van der Waals surface area (Å²) < 4.78 is 0. The molecule has 0 saturated heterocycles. The van der Waals surface area contributed by atoms with Crippen LogP contribution in [0.2, 0.25) is 0 Å². The molecule has 0 bridgehead atoms. The van der Waals surface area contributed by atoms with Gasteiger partial charge in [0, 0.05) is 0 Å². The van der Waals surface area contributed by atoms with Crippen molar-refractivity contribution >= 4 is 0 Å². The zero-order valence-electron chi connectivity index (χ0n) is 11.7. The number of allylic oxidation sites excluding steroid dienone is 8. The summed E-state index contributed by atoms with van der Waals surface area (Å²) in [7, 11) is 0. The number of hydrogen-bond donors (Lipinski definition) is 0. The SMILES string of the molecule is C1=CCCCCCCCCCC/C=C/C=C/C=C\1. The van der Waals surface area contributed by atoms with Gasteiger partial charge in [0.2, 0.25) is 0 Å². The van der Waals surface area contributed by atoms with Crippen LogP contribution in [0.5, 0.6) is 0 Å². The van der Waals surface area contributed by atoms with Crippen LogP contribution in [-0.4, -0.2) is 0 Å². The summed E-state index contributed by atoms with van der Waals surface area (Å²) in [5.41, 5.74) is 0. The molecule has 0 heteroatoms. The Balaban J connectivity index is 2.27. The van der Waals surface area contributed by atoms with Gasteiger partial charge in [-0.3, -0.25) is 0 Å². The second-order valence-electron chi connectivity index (χ2n) is 5.03. The summed E-state index contributed by atoms with van der Waals surface area (Å²) in [4.78, 5) is 0. The molecule has 1 aliphatic carbocycles. The van der Waals surface area contributed by atoms with Gasteiger partial charge in [0.1, 0.15) is 0 Å². The molecule has 0 spiro atoms. The summed E-state index contributed by atoms with van der Waals surface area (Å²) >= 11 is 0. The van der Waals surface area contributed by atoms with E-state index in [-0.39, 0.29) is 0 Å². The molecule has 0 aromatic heterocycles. The quantitative estimate of drug-likeness (QED) is 0.481. The summed E-state index contributed by atoms with van der Waals surface area (Å²) in [5, 5.41) is 0. The lowest BCUT2D eigenvalue weighted by molar-refractivity contribution is 0.571. The van der Waals surface area contributed by atoms with Gasteiger partial charge in [0.15, 0.2) is 0 Å². The van der Waals surface area contributed by atoms with Crippen LogP contribution >= 0.6 is 0 Å². The average Bonchev–Trinajstić information content (AvgIpc) is 2.39. The van der Waals surface area contributed by atoms with Gasteiger partial charge in [-0.25, -0.2) is 0 Å². The van der Waals surface area contributed by atoms with Crippen molar-refractivity contribution in [2.75, 3.05) is 0 Å². The van der Waals surface area contributed by atoms with Crippen molar-refractivity contribution < 1.29 is 0 Å². The van der Waals surface area contributed by atoms with E-state index in [0.29, 0.717) is 0 Å². The van der Waals surface area contributed by atoms with Crippen molar-refractivity contribution in [3.63, 3.8) is 0 Å². The number of rotatable bonds is 0. The van der Waals surface area contributed by atoms with Gasteiger partial charge in [-0.05, 0) is 25.7 Å². The molecule has 0 heterocycles. The van der Waals surface area contributed by atoms with Crippen molar-refractivity contribution in [1.29, 1.82) is 0 Å². The van der Waals surface area contributed by atoms with E-state index in [0.717, 1.165) is 0 Å². The summed E-state index contributed by atoms with van der Waals surface area (Å²) in [6.07, 6.45) is 31.0. The highest BCUT2D eigenvalue weighted by Gasteiger charge is 1.91. The molecule has 1 rings (SSSR count). The normalized spacial score (nSPS) is 25.8. The Morgan fingerprint density at radius 1 is 0.333 bits per heavy atom. The van der Waals surface area contributed by atoms with Crippen LogP contribution in [0, 0.1) is 0 Å². The Morgan fingerprint density at radius 3 is 1.11 bits per heavy atom. The first-order valence-electron chi connectivity index (χ1n) is 7.65. The van der Waals surface area contributed by atoms with Gasteiger partial charge in [-0.2, -0.15) is 0 Å². The van der Waals surface area contributed by atoms with Crippen LogP contribution in [0.15, 0.2) is 48.6 Å². The van der Waals surface area contributed by atoms with Gasteiger partial charge in [0.05, 0.1) is 0 Å². The third-order valence-corrected chi connectivity index (χ3v) is 3.32. The van der Waals surface area contributed by atoms with Crippen LogP contribution in [0.25, 0.3) is 0 Å². The molecule has 0 aliphatic heterocycles. The molecule has 0 atom stereocenters. The largest absolute Gasteiger partial charge is 0.0845 e. The predicted molar refractivity (Wildman–Crippen MR) is 82.7 cm³/mol. The molecule has 0 aromatic carbocycles. The van der Waals surface area contributed by atoms with Gasteiger partial charge in [-0.1, -0.05) is 87.1 Å². The fraction of sp³-hybridized carbons (Fsp3) is 0.556. The van der Waals surface area contributed by atoms with Crippen molar-refractivity contribution in [2.45, 2.75) is 64.2 Å². The summed E-state index contributed by atoms with van der Waals surface area (Å²) in [6.45, 7) is 0. The molecule has 0 amide bonds. The average molecular weight is 244 g/mol. The monoisotopic (exact) mass is 244 g/mol. The zero-order chi connectivity index (χ0) is 12.7. The van der Waals surface area contributed by atoms with Crippen LogP contribution in [0.4, 0.5) is 0 Å². The fourth-order valence-electron chi connectivity index (χ4n) is 2.19. The van der Waals surface area contributed by atoms with E-state index in [1.165, 1.54) is 64.2 Å². The van der Waals surface area contributed by atoms with E-state index in [9.17, 15) is 0 Å². The molecular formula is C18H28.